The molecule has 2 aromatic rings. The summed E-state index contributed by atoms with van der Waals surface area (Å²) in [6.45, 7) is 4.07. The number of hydrogen-bond donors (Lipinski definition) is 2. The van der Waals surface area contributed by atoms with Crippen LogP contribution < -0.4 is 5.73 Å². The van der Waals surface area contributed by atoms with Gasteiger partial charge < -0.3 is 10.7 Å². The summed E-state index contributed by atoms with van der Waals surface area (Å²) >= 11 is 0. The van der Waals surface area contributed by atoms with Gasteiger partial charge in [-0.1, -0.05) is 31.2 Å². The Balaban J connectivity index is 2.28. The van der Waals surface area contributed by atoms with Crippen molar-refractivity contribution in [2.45, 2.75) is 26.3 Å². The van der Waals surface area contributed by atoms with Crippen LogP contribution >= 0.6 is 0 Å². The second-order valence-corrected chi connectivity index (χ2v) is 4.02. The zero-order valence-corrected chi connectivity index (χ0v) is 9.70. The number of aromatic amines is 1. The first-order valence-electron chi connectivity index (χ1n) is 5.60. The van der Waals surface area contributed by atoms with Gasteiger partial charge in [-0.3, -0.25) is 0 Å². The van der Waals surface area contributed by atoms with Crippen LogP contribution in [0.2, 0.25) is 0 Å². The predicted octanol–water partition coefficient (Wildman–Crippen LogP) is 2.66. The average molecular weight is 215 g/mol. The van der Waals surface area contributed by atoms with Crippen molar-refractivity contribution in [2.24, 2.45) is 5.73 Å². The molecule has 0 fully saturated rings. The van der Waals surface area contributed by atoms with Gasteiger partial charge >= 0.3 is 0 Å². The van der Waals surface area contributed by atoms with Gasteiger partial charge in [0.1, 0.15) is 5.82 Å². The van der Waals surface area contributed by atoms with Crippen LogP contribution in [-0.4, -0.2) is 9.97 Å². The van der Waals surface area contributed by atoms with Crippen LogP contribution in [0.4, 0.5) is 0 Å². The molecule has 0 saturated heterocycles. The molecular formula is C13H17N3. The van der Waals surface area contributed by atoms with Crippen molar-refractivity contribution in [3.05, 3.63) is 41.9 Å². The standard InChI is InChI=1S/C13H17N3/c1-3-10-4-6-11(7-5-10)12-8-15-13(16-12)9(2)14/h4-9H,3,14H2,1-2H3,(H,15,16). The zero-order chi connectivity index (χ0) is 11.5. The molecular weight excluding hydrogens is 198 g/mol. The maximum atomic E-state index is 5.76. The van der Waals surface area contributed by atoms with E-state index in [0.29, 0.717) is 0 Å². The number of imidazole rings is 1. The third-order valence-electron chi connectivity index (χ3n) is 2.70. The van der Waals surface area contributed by atoms with E-state index in [1.54, 1.807) is 0 Å². The maximum absolute atomic E-state index is 5.76. The van der Waals surface area contributed by atoms with Gasteiger partial charge in [0.25, 0.3) is 0 Å². The summed E-state index contributed by atoms with van der Waals surface area (Å²) in [6, 6.07) is 8.45. The zero-order valence-electron chi connectivity index (χ0n) is 9.70. The Morgan fingerprint density at radius 2 is 2.00 bits per heavy atom. The SMILES string of the molecule is CCc1ccc(-c2cnc(C(C)N)[nH]2)cc1. The maximum Gasteiger partial charge on any atom is 0.123 e. The number of nitrogens with one attached hydrogen (secondary N) is 1. The molecule has 0 aliphatic carbocycles. The van der Waals surface area contributed by atoms with Crippen LogP contribution in [0.5, 0.6) is 0 Å². The Bertz CT molecular complexity index is 454. The highest BCUT2D eigenvalue weighted by molar-refractivity contribution is 5.58. The summed E-state index contributed by atoms with van der Waals surface area (Å²) in [5.74, 6) is 0.828. The number of aryl methyl sites for hydroxylation is 1. The number of aromatic nitrogens is 2. The molecule has 3 heteroatoms. The molecule has 3 N–H and O–H groups in total. The van der Waals surface area contributed by atoms with Gasteiger partial charge in [-0.25, -0.2) is 4.98 Å². The predicted molar refractivity (Wildman–Crippen MR) is 66.0 cm³/mol. The number of nitrogens with two attached hydrogens (primary N) is 1. The molecule has 1 aromatic heterocycles. The highest BCUT2D eigenvalue weighted by Crippen LogP contribution is 2.19. The summed E-state index contributed by atoms with van der Waals surface area (Å²) in [4.78, 5) is 7.48. The third-order valence-corrected chi connectivity index (χ3v) is 2.70. The molecule has 0 saturated carbocycles. The summed E-state index contributed by atoms with van der Waals surface area (Å²) in [6.07, 6.45) is 2.90. The molecule has 84 valence electrons. The van der Waals surface area contributed by atoms with Gasteiger partial charge in [0.2, 0.25) is 0 Å². The summed E-state index contributed by atoms with van der Waals surface area (Å²) < 4.78 is 0. The van der Waals surface area contributed by atoms with Crippen molar-refractivity contribution in [1.29, 1.82) is 0 Å². The lowest BCUT2D eigenvalue weighted by molar-refractivity contribution is 0.756. The third kappa shape index (κ3) is 2.14. The Morgan fingerprint density at radius 1 is 1.31 bits per heavy atom. The van der Waals surface area contributed by atoms with Crippen LogP contribution in [0.1, 0.15) is 31.3 Å². The monoisotopic (exact) mass is 215 g/mol. The molecule has 0 amide bonds. The number of benzene rings is 1. The lowest BCUT2D eigenvalue weighted by atomic mass is 10.1. The number of rotatable bonds is 3. The van der Waals surface area contributed by atoms with Crippen LogP contribution in [0.25, 0.3) is 11.3 Å². The minimum atomic E-state index is -0.0522. The highest BCUT2D eigenvalue weighted by atomic mass is 14.9. The first-order valence-corrected chi connectivity index (χ1v) is 5.60. The fourth-order valence-electron chi connectivity index (χ4n) is 1.63. The molecule has 1 unspecified atom stereocenters. The van der Waals surface area contributed by atoms with E-state index < -0.39 is 0 Å². The van der Waals surface area contributed by atoms with E-state index in [-0.39, 0.29) is 6.04 Å². The van der Waals surface area contributed by atoms with Gasteiger partial charge in [-0.05, 0) is 24.5 Å². The molecule has 1 atom stereocenters. The topological polar surface area (TPSA) is 54.7 Å². The summed E-state index contributed by atoms with van der Waals surface area (Å²) in [5.41, 5.74) is 9.27. The lowest BCUT2D eigenvalue weighted by Crippen LogP contribution is -2.06. The van der Waals surface area contributed by atoms with Gasteiger partial charge in [0, 0.05) is 0 Å². The van der Waals surface area contributed by atoms with Crippen molar-refractivity contribution in [1.82, 2.24) is 9.97 Å². The van der Waals surface area contributed by atoms with Crippen LogP contribution in [0.15, 0.2) is 30.5 Å². The van der Waals surface area contributed by atoms with Gasteiger partial charge in [-0.2, -0.15) is 0 Å². The molecule has 1 aromatic carbocycles. The molecule has 1 heterocycles. The number of hydrogen-bond acceptors (Lipinski definition) is 2. The molecule has 0 spiro atoms. The van der Waals surface area contributed by atoms with Crippen molar-refractivity contribution < 1.29 is 0 Å². The number of H-pyrrole nitrogens is 1. The molecule has 0 radical (unpaired) electrons. The van der Waals surface area contributed by atoms with Crippen LogP contribution in [-0.2, 0) is 6.42 Å². The van der Waals surface area contributed by atoms with E-state index in [4.69, 9.17) is 5.73 Å². The molecule has 16 heavy (non-hydrogen) atoms. The van der Waals surface area contributed by atoms with Crippen LogP contribution in [0, 0.1) is 0 Å². The van der Waals surface area contributed by atoms with E-state index in [2.05, 4.69) is 41.2 Å². The van der Waals surface area contributed by atoms with Gasteiger partial charge in [-0.15, -0.1) is 0 Å². The van der Waals surface area contributed by atoms with Crippen molar-refractivity contribution in [3.8, 4) is 11.3 Å². The van der Waals surface area contributed by atoms with E-state index in [9.17, 15) is 0 Å². The Kier molecular flexibility index (Phi) is 3.06. The molecule has 2 rings (SSSR count). The largest absolute Gasteiger partial charge is 0.341 e. The number of nitrogens with zero attached hydrogens (tertiary/aromatic N) is 1. The minimum absolute atomic E-state index is 0.0522. The Hall–Kier alpha value is -1.61. The Morgan fingerprint density at radius 3 is 2.50 bits per heavy atom. The minimum Gasteiger partial charge on any atom is -0.341 e. The van der Waals surface area contributed by atoms with Crippen molar-refractivity contribution in [2.75, 3.05) is 0 Å². The average Bonchev–Trinajstić information content (AvgIpc) is 2.78. The fourth-order valence-corrected chi connectivity index (χ4v) is 1.63. The smallest absolute Gasteiger partial charge is 0.123 e. The normalized spacial score (nSPS) is 12.7. The highest BCUT2D eigenvalue weighted by Gasteiger charge is 2.06. The van der Waals surface area contributed by atoms with E-state index in [1.165, 1.54) is 5.56 Å². The molecule has 0 aliphatic rings. The second kappa shape index (κ2) is 4.49. The quantitative estimate of drug-likeness (QED) is 0.827. The van der Waals surface area contributed by atoms with E-state index in [0.717, 1.165) is 23.5 Å². The van der Waals surface area contributed by atoms with Gasteiger partial charge in [0.05, 0.1) is 17.9 Å². The summed E-state index contributed by atoms with van der Waals surface area (Å²) in [5, 5.41) is 0. The van der Waals surface area contributed by atoms with Crippen molar-refractivity contribution in [3.63, 3.8) is 0 Å². The Labute approximate surface area is 95.7 Å². The first kappa shape index (κ1) is 10.9. The van der Waals surface area contributed by atoms with Crippen LogP contribution in [0.3, 0.4) is 0 Å². The van der Waals surface area contributed by atoms with Crippen molar-refractivity contribution >= 4 is 0 Å². The van der Waals surface area contributed by atoms with Gasteiger partial charge in [0.15, 0.2) is 0 Å². The lowest BCUT2D eigenvalue weighted by Gasteiger charge is -2.01. The first-order chi connectivity index (χ1) is 7.70. The van der Waals surface area contributed by atoms with E-state index in [1.807, 2.05) is 13.1 Å². The van der Waals surface area contributed by atoms with E-state index >= 15 is 0 Å². The summed E-state index contributed by atoms with van der Waals surface area (Å²) in [7, 11) is 0. The molecule has 0 aliphatic heterocycles. The molecule has 3 nitrogen and oxygen atoms in total. The molecule has 0 bridgehead atoms. The second-order valence-electron chi connectivity index (χ2n) is 4.02. The fraction of sp³-hybridized carbons (Fsp3) is 0.308.